The van der Waals surface area contributed by atoms with Gasteiger partial charge in [-0.1, -0.05) is 23.7 Å². The fourth-order valence-corrected chi connectivity index (χ4v) is 3.49. The van der Waals surface area contributed by atoms with E-state index in [0.717, 1.165) is 16.9 Å². The molecule has 2 aromatic carbocycles. The molecule has 0 unspecified atom stereocenters. The van der Waals surface area contributed by atoms with Gasteiger partial charge in [-0.25, -0.2) is 10.2 Å². The molecular formula is C22H21ClN6O3. The first kappa shape index (κ1) is 21.4. The van der Waals surface area contributed by atoms with Gasteiger partial charge in [-0.2, -0.15) is 10.1 Å². The number of ether oxygens (including phenoxy) is 1. The molecule has 164 valence electrons. The van der Waals surface area contributed by atoms with Crippen LogP contribution in [-0.4, -0.2) is 31.9 Å². The molecule has 0 bridgehead atoms. The third kappa shape index (κ3) is 4.42. The Morgan fingerprint density at radius 1 is 1.22 bits per heavy atom. The van der Waals surface area contributed by atoms with Crippen molar-refractivity contribution in [3.8, 4) is 5.75 Å². The van der Waals surface area contributed by atoms with Crippen LogP contribution in [-0.2, 0) is 13.6 Å². The summed E-state index contributed by atoms with van der Waals surface area (Å²) in [4.78, 5) is 31.4. The molecule has 0 aliphatic rings. The molecule has 2 aromatic heterocycles. The molecule has 2 N–H and O–H groups in total. The highest BCUT2D eigenvalue weighted by Gasteiger charge is 2.17. The van der Waals surface area contributed by atoms with E-state index >= 15 is 0 Å². The third-order valence-corrected chi connectivity index (χ3v) is 5.04. The fraction of sp³-hybridized carbons (Fsp3) is 0.182. The van der Waals surface area contributed by atoms with Crippen LogP contribution in [0.25, 0.3) is 11.2 Å². The Kier molecular flexibility index (Phi) is 6.09. The number of hydrogen-bond acceptors (Lipinski definition) is 6. The van der Waals surface area contributed by atoms with Gasteiger partial charge in [-0.15, -0.1) is 0 Å². The topological polar surface area (TPSA) is 106 Å². The van der Waals surface area contributed by atoms with Gasteiger partial charge in [0.05, 0.1) is 19.4 Å². The molecule has 0 aliphatic carbocycles. The van der Waals surface area contributed by atoms with Gasteiger partial charge in [0.15, 0.2) is 11.2 Å². The summed E-state index contributed by atoms with van der Waals surface area (Å²) >= 11 is 6.12. The summed E-state index contributed by atoms with van der Waals surface area (Å²) < 4.78 is 8.38. The second-order valence-electron chi connectivity index (χ2n) is 7.01. The zero-order valence-electron chi connectivity index (χ0n) is 17.5. The van der Waals surface area contributed by atoms with Crippen molar-refractivity contribution < 1.29 is 4.74 Å². The van der Waals surface area contributed by atoms with Crippen molar-refractivity contribution in [1.82, 2.24) is 19.1 Å². The number of hydrogen-bond donors (Lipinski definition) is 2. The van der Waals surface area contributed by atoms with E-state index in [1.165, 1.54) is 4.57 Å². The predicted octanol–water partition coefficient (Wildman–Crippen LogP) is 2.97. The lowest BCUT2D eigenvalue weighted by atomic mass is 10.2. The van der Waals surface area contributed by atoms with Gasteiger partial charge in [-0.05, 0) is 54.4 Å². The molecule has 0 spiro atoms. The van der Waals surface area contributed by atoms with Crippen LogP contribution >= 0.6 is 11.6 Å². The van der Waals surface area contributed by atoms with Crippen molar-refractivity contribution in [3.05, 3.63) is 85.5 Å². The van der Waals surface area contributed by atoms with Crippen molar-refractivity contribution >= 4 is 34.9 Å². The highest BCUT2D eigenvalue weighted by molar-refractivity contribution is 6.30. The number of fused-ring (bicyclic) bond motifs is 1. The second kappa shape index (κ2) is 9.11. The van der Waals surface area contributed by atoms with Crippen molar-refractivity contribution in [1.29, 1.82) is 0 Å². The first-order chi connectivity index (χ1) is 15.5. The Balaban J connectivity index is 1.71. The lowest BCUT2D eigenvalue weighted by Gasteiger charge is -2.08. The zero-order valence-corrected chi connectivity index (χ0v) is 18.3. The van der Waals surface area contributed by atoms with Gasteiger partial charge >= 0.3 is 5.69 Å². The van der Waals surface area contributed by atoms with E-state index in [1.807, 2.05) is 43.3 Å². The van der Waals surface area contributed by atoms with E-state index in [2.05, 4.69) is 20.5 Å². The molecule has 0 fully saturated rings. The van der Waals surface area contributed by atoms with Crippen LogP contribution in [0, 0.1) is 0 Å². The van der Waals surface area contributed by atoms with E-state index in [-0.39, 0.29) is 11.2 Å². The van der Waals surface area contributed by atoms with Gasteiger partial charge < -0.3 is 4.74 Å². The molecule has 0 amide bonds. The Labute approximate surface area is 187 Å². The molecular weight excluding hydrogens is 432 g/mol. The summed E-state index contributed by atoms with van der Waals surface area (Å²) in [7, 11) is 1.55. The van der Waals surface area contributed by atoms with Gasteiger partial charge in [-0.3, -0.25) is 18.9 Å². The Morgan fingerprint density at radius 3 is 2.72 bits per heavy atom. The first-order valence-electron chi connectivity index (χ1n) is 9.92. The van der Waals surface area contributed by atoms with Crippen LogP contribution in [0.5, 0.6) is 5.75 Å². The van der Waals surface area contributed by atoms with Crippen molar-refractivity contribution in [2.75, 3.05) is 12.0 Å². The maximum Gasteiger partial charge on any atom is 0.329 e. The molecule has 0 saturated carbocycles. The number of imidazole rings is 1. The summed E-state index contributed by atoms with van der Waals surface area (Å²) in [6.07, 6.45) is 1.63. The quantitative estimate of drug-likeness (QED) is 0.331. The van der Waals surface area contributed by atoms with Gasteiger partial charge in [0.1, 0.15) is 5.75 Å². The monoisotopic (exact) mass is 452 g/mol. The van der Waals surface area contributed by atoms with Crippen LogP contribution in [0.15, 0.2) is 63.2 Å². The van der Waals surface area contributed by atoms with Crippen molar-refractivity contribution in [3.63, 3.8) is 0 Å². The smallest absolute Gasteiger partial charge is 0.329 e. The Bertz CT molecular complexity index is 1400. The summed E-state index contributed by atoms with van der Waals surface area (Å²) in [6.45, 7) is 2.83. The standard InChI is InChI=1S/C22H21ClN6O3/c1-3-32-17-9-7-14(8-10-17)12-24-27-21-25-19-18(20(30)26-22(31)28(19)2)29(21)13-15-5-4-6-16(23)11-15/h4-12H,3,13H2,1-2H3,(H,25,27)(H,26,30,31)/b24-12+. The minimum atomic E-state index is -0.542. The van der Waals surface area contributed by atoms with E-state index in [9.17, 15) is 9.59 Å². The highest BCUT2D eigenvalue weighted by Crippen LogP contribution is 2.19. The molecule has 0 radical (unpaired) electrons. The predicted molar refractivity (Wildman–Crippen MR) is 125 cm³/mol. The zero-order chi connectivity index (χ0) is 22.7. The molecule has 2 heterocycles. The highest BCUT2D eigenvalue weighted by atomic mass is 35.5. The molecule has 4 aromatic rings. The Morgan fingerprint density at radius 2 is 2.00 bits per heavy atom. The second-order valence-corrected chi connectivity index (χ2v) is 7.45. The minimum absolute atomic E-state index is 0.250. The maximum absolute atomic E-state index is 12.6. The number of hydrazone groups is 1. The van der Waals surface area contributed by atoms with Crippen LogP contribution in [0.2, 0.25) is 5.02 Å². The summed E-state index contributed by atoms with van der Waals surface area (Å²) in [6, 6.07) is 14.8. The fourth-order valence-electron chi connectivity index (χ4n) is 3.27. The average Bonchev–Trinajstić information content (AvgIpc) is 3.12. The third-order valence-electron chi connectivity index (χ3n) is 4.81. The number of aryl methyl sites for hydroxylation is 1. The van der Waals surface area contributed by atoms with Gasteiger partial charge in [0.2, 0.25) is 5.95 Å². The number of nitrogens with one attached hydrogen (secondary N) is 2. The SMILES string of the molecule is CCOc1ccc(/C=N/Nc2nc3c(c(=O)[nH]c(=O)n3C)n2Cc2cccc(Cl)c2)cc1. The molecule has 0 saturated heterocycles. The molecule has 32 heavy (non-hydrogen) atoms. The summed E-state index contributed by atoms with van der Waals surface area (Å²) in [5, 5.41) is 4.84. The number of H-pyrrole nitrogens is 1. The number of halogens is 1. The number of rotatable bonds is 7. The van der Waals surface area contributed by atoms with Crippen LogP contribution in [0.4, 0.5) is 5.95 Å². The molecule has 4 rings (SSSR count). The van der Waals surface area contributed by atoms with Crippen LogP contribution in [0.1, 0.15) is 18.1 Å². The van der Waals surface area contributed by atoms with Crippen LogP contribution < -0.4 is 21.4 Å². The van der Waals surface area contributed by atoms with E-state index < -0.39 is 11.2 Å². The largest absolute Gasteiger partial charge is 0.494 e. The normalized spacial score (nSPS) is 11.3. The number of benzene rings is 2. The number of aromatic amines is 1. The van der Waals surface area contributed by atoms with Gasteiger partial charge in [0, 0.05) is 12.1 Å². The first-order valence-corrected chi connectivity index (χ1v) is 10.3. The summed E-state index contributed by atoms with van der Waals surface area (Å²) in [5.41, 5.74) is 4.04. The van der Waals surface area contributed by atoms with Crippen molar-refractivity contribution in [2.45, 2.75) is 13.5 Å². The molecule has 0 atom stereocenters. The van der Waals surface area contributed by atoms with Gasteiger partial charge in [0.25, 0.3) is 5.56 Å². The molecule has 0 aliphatic heterocycles. The number of anilines is 1. The molecule has 10 heteroatoms. The van der Waals surface area contributed by atoms with E-state index in [4.69, 9.17) is 16.3 Å². The maximum atomic E-state index is 12.6. The van der Waals surface area contributed by atoms with E-state index in [0.29, 0.717) is 24.1 Å². The minimum Gasteiger partial charge on any atom is -0.494 e. The van der Waals surface area contributed by atoms with E-state index in [1.54, 1.807) is 30.0 Å². The lowest BCUT2D eigenvalue weighted by Crippen LogP contribution is -2.29. The number of nitrogens with zero attached hydrogens (tertiary/aromatic N) is 4. The van der Waals surface area contributed by atoms with Crippen LogP contribution in [0.3, 0.4) is 0 Å². The molecule has 9 nitrogen and oxygen atoms in total. The number of aromatic nitrogens is 4. The summed E-state index contributed by atoms with van der Waals surface area (Å²) in [5.74, 6) is 1.09. The lowest BCUT2D eigenvalue weighted by molar-refractivity contribution is 0.340. The van der Waals surface area contributed by atoms with Crippen molar-refractivity contribution in [2.24, 2.45) is 12.1 Å². The average molecular weight is 453 g/mol. The Hall–Kier alpha value is -3.85.